The minimum absolute atomic E-state index is 0.378. The molecule has 1 rings (SSSR count). The Morgan fingerprint density at radius 1 is 1.40 bits per heavy atom. The standard InChI is InChI=1S/C11H17N3O6/c1-5(15)7(8(17)18)13-10(20)14-4-6(16)12-9(19)11(14,2)3/h5,7,15H,4H2,1-3H3,(H,13,20)(H,17,18)(H,12,16,19). The molecule has 0 aliphatic carbocycles. The number of carboxylic acid groups (broad SMARTS) is 1. The van der Waals surface area contributed by atoms with Gasteiger partial charge in [0, 0.05) is 0 Å². The lowest BCUT2D eigenvalue weighted by Gasteiger charge is -2.40. The fraction of sp³-hybridized carbons (Fsp3) is 0.636. The van der Waals surface area contributed by atoms with Gasteiger partial charge in [-0.05, 0) is 20.8 Å². The number of hydrogen-bond donors (Lipinski definition) is 4. The number of carbonyl (C=O) groups is 4. The number of aliphatic hydroxyl groups excluding tert-OH is 1. The predicted octanol–water partition coefficient (Wildman–Crippen LogP) is -1.73. The fourth-order valence-electron chi connectivity index (χ4n) is 1.71. The molecule has 1 aliphatic heterocycles. The van der Waals surface area contributed by atoms with E-state index < -0.39 is 41.5 Å². The molecule has 0 aromatic carbocycles. The van der Waals surface area contributed by atoms with Crippen LogP contribution >= 0.6 is 0 Å². The second-order valence-electron chi connectivity index (χ2n) is 5.03. The largest absolute Gasteiger partial charge is 0.480 e. The maximum absolute atomic E-state index is 12.0. The summed E-state index contributed by atoms with van der Waals surface area (Å²) in [5.41, 5.74) is -1.31. The number of rotatable bonds is 3. The molecule has 0 aromatic rings. The molecule has 1 aliphatic rings. The van der Waals surface area contributed by atoms with Crippen LogP contribution in [0, 0.1) is 0 Å². The predicted molar refractivity (Wildman–Crippen MR) is 65.6 cm³/mol. The molecule has 0 spiro atoms. The third kappa shape index (κ3) is 3.05. The van der Waals surface area contributed by atoms with E-state index in [-0.39, 0.29) is 6.54 Å². The van der Waals surface area contributed by atoms with Gasteiger partial charge in [-0.3, -0.25) is 14.9 Å². The number of imide groups is 1. The number of urea groups is 1. The first-order valence-electron chi connectivity index (χ1n) is 5.90. The Bertz CT molecular complexity index is 459. The van der Waals surface area contributed by atoms with Gasteiger partial charge in [-0.15, -0.1) is 0 Å². The Morgan fingerprint density at radius 2 is 1.95 bits per heavy atom. The minimum atomic E-state index is -1.53. The van der Waals surface area contributed by atoms with Gasteiger partial charge in [0.05, 0.1) is 6.10 Å². The van der Waals surface area contributed by atoms with Crippen molar-refractivity contribution >= 4 is 23.8 Å². The highest BCUT2D eigenvalue weighted by Gasteiger charge is 2.44. The highest BCUT2D eigenvalue weighted by atomic mass is 16.4. The van der Waals surface area contributed by atoms with Crippen LogP contribution in [0.25, 0.3) is 0 Å². The summed E-state index contributed by atoms with van der Waals surface area (Å²) < 4.78 is 0. The minimum Gasteiger partial charge on any atom is -0.480 e. The van der Waals surface area contributed by atoms with Crippen LogP contribution in [0.4, 0.5) is 4.79 Å². The molecule has 2 atom stereocenters. The quantitative estimate of drug-likeness (QED) is 0.455. The highest BCUT2D eigenvalue weighted by molar-refractivity contribution is 6.06. The summed E-state index contributed by atoms with van der Waals surface area (Å²) in [5, 5.41) is 22.4. The molecule has 0 bridgehead atoms. The topological polar surface area (TPSA) is 136 Å². The normalized spacial score (nSPS) is 20.9. The number of aliphatic hydroxyl groups is 1. The monoisotopic (exact) mass is 287 g/mol. The molecule has 9 heteroatoms. The molecule has 0 saturated carbocycles. The van der Waals surface area contributed by atoms with Crippen molar-refractivity contribution < 1.29 is 29.4 Å². The number of carbonyl (C=O) groups excluding carboxylic acids is 3. The maximum atomic E-state index is 12.0. The first-order chi connectivity index (χ1) is 9.07. The van der Waals surface area contributed by atoms with E-state index in [1.54, 1.807) is 0 Å². The Kier molecular flexibility index (Phi) is 4.33. The van der Waals surface area contributed by atoms with Crippen LogP contribution in [0.2, 0.25) is 0 Å². The van der Waals surface area contributed by atoms with Gasteiger partial charge in [0.25, 0.3) is 5.91 Å². The van der Waals surface area contributed by atoms with Crippen molar-refractivity contribution in [2.24, 2.45) is 0 Å². The van der Waals surface area contributed by atoms with Crippen LogP contribution in [0.15, 0.2) is 0 Å². The molecular weight excluding hydrogens is 270 g/mol. The first kappa shape index (κ1) is 15.9. The maximum Gasteiger partial charge on any atom is 0.328 e. The van der Waals surface area contributed by atoms with Gasteiger partial charge >= 0.3 is 12.0 Å². The number of nitrogens with zero attached hydrogens (tertiary/aromatic N) is 1. The van der Waals surface area contributed by atoms with Gasteiger partial charge in [-0.2, -0.15) is 0 Å². The van der Waals surface area contributed by atoms with Crippen LogP contribution in [-0.2, 0) is 14.4 Å². The first-order valence-corrected chi connectivity index (χ1v) is 5.90. The summed E-state index contributed by atoms with van der Waals surface area (Å²) in [5.74, 6) is -2.74. The second-order valence-corrected chi connectivity index (χ2v) is 5.03. The van der Waals surface area contributed by atoms with Crippen LogP contribution in [0.5, 0.6) is 0 Å². The van der Waals surface area contributed by atoms with Crippen molar-refractivity contribution in [1.82, 2.24) is 15.5 Å². The fourth-order valence-corrected chi connectivity index (χ4v) is 1.71. The average molecular weight is 287 g/mol. The van der Waals surface area contributed by atoms with E-state index in [9.17, 15) is 24.3 Å². The number of hydrogen-bond acceptors (Lipinski definition) is 5. The molecule has 4 N–H and O–H groups in total. The molecule has 2 unspecified atom stereocenters. The molecule has 1 heterocycles. The molecule has 20 heavy (non-hydrogen) atoms. The summed E-state index contributed by atoms with van der Waals surface area (Å²) in [6.45, 7) is 3.67. The van der Waals surface area contributed by atoms with Crippen molar-refractivity contribution in [2.45, 2.75) is 38.5 Å². The van der Waals surface area contributed by atoms with Gasteiger partial charge < -0.3 is 20.4 Å². The lowest BCUT2D eigenvalue weighted by molar-refractivity contribution is -0.142. The van der Waals surface area contributed by atoms with Gasteiger partial charge in [-0.1, -0.05) is 0 Å². The molecule has 1 saturated heterocycles. The average Bonchev–Trinajstić information content (AvgIpc) is 2.29. The van der Waals surface area contributed by atoms with E-state index in [1.165, 1.54) is 20.8 Å². The van der Waals surface area contributed by atoms with Gasteiger partial charge in [0.2, 0.25) is 5.91 Å². The Morgan fingerprint density at radius 3 is 2.40 bits per heavy atom. The Balaban J connectivity index is 2.92. The zero-order chi connectivity index (χ0) is 15.7. The summed E-state index contributed by atoms with van der Waals surface area (Å²) in [6.07, 6.45) is -1.33. The number of amides is 4. The van der Waals surface area contributed by atoms with Gasteiger partial charge in [-0.25, -0.2) is 9.59 Å². The van der Waals surface area contributed by atoms with E-state index in [1.807, 2.05) is 0 Å². The number of carboxylic acids is 1. The van der Waals surface area contributed by atoms with E-state index >= 15 is 0 Å². The molecular formula is C11H17N3O6. The smallest absolute Gasteiger partial charge is 0.328 e. The number of aliphatic carboxylic acids is 1. The van der Waals surface area contributed by atoms with E-state index in [0.29, 0.717) is 0 Å². The van der Waals surface area contributed by atoms with Crippen molar-refractivity contribution in [3.05, 3.63) is 0 Å². The lowest BCUT2D eigenvalue weighted by Crippen LogP contribution is -2.68. The van der Waals surface area contributed by atoms with E-state index in [2.05, 4.69) is 10.6 Å². The number of nitrogens with one attached hydrogen (secondary N) is 2. The molecule has 1 fully saturated rings. The van der Waals surface area contributed by atoms with Gasteiger partial charge in [0.1, 0.15) is 12.1 Å². The van der Waals surface area contributed by atoms with E-state index in [0.717, 1.165) is 4.90 Å². The SMILES string of the molecule is CC(O)C(NC(=O)N1CC(=O)NC(=O)C1(C)C)C(=O)O. The summed E-state index contributed by atoms with van der Waals surface area (Å²) >= 11 is 0. The summed E-state index contributed by atoms with van der Waals surface area (Å²) in [6, 6.07) is -2.44. The third-order valence-corrected chi connectivity index (χ3v) is 3.06. The highest BCUT2D eigenvalue weighted by Crippen LogP contribution is 2.18. The Labute approximate surface area is 114 Å². The zero-order valence-electron chi connectivity index (χ0n) is 11.3. The Hall–Kier alpha value is -2.16. The zero-order valence-corrected chi connectivity index (χ0v) is 11.3. The molecule has 9 nitrogen and oxygen atoms in total. The van der Waals surface area contributed by atoms with Gasteiger partial charge in [0.15, 0.2) is 6.04 Å². The second kappa shape index (κ2) is 5.45. The van der Waals surface area contributed by atoms with Crippen molar-refractivity contribution in [3.63, 3.8) is 0 Å². The molecule has 4 amide bonds. The van der Waals surface area contributed by atoms with Crippen LogP contribution in [-0.4, -0.2) is 63.2 Å². The summed E-state index contributed by atoms with van der Waals surface area (Å²) in [4.78, 5) is 46.9. The third-order valence-electron chi connectivity index (χ3n) is 3.06. The van der Waals surface area contributed by atoms with Crippen LogP contribution < -0.4 is 10.6 Å². The van der Waals surface area contributed by atoms with E-state index in [4.69, 9.17) is 5.11 Å². The van der Waals surface area contributed by atoms with Crippen molar-refractivity contribution in [3.8, 4) is 0 Å². The summed E-state index contributed by atoms with van der Waals surface area (Å²) in [7, 11) is 0. The van der Waals surface area contributed by atoms with Crippen LogP contribution in [0.1, 0.15) is 20.8 Å². The molecule has 0 radical (unpaired) electrons. The molecule has 0 aromatic heterocycles. The van der Waals surface area contributed by atoms with Crippen molar-refractivity contribution in [2.75, 3.05) is 6.54 Å². The number of piperazine rings is 1. The van der Waals surface area contributed by atoms with Crippen molar-refractivity contribution in [1.29, 1.82) is 0 Å². The molecule has 112 valence electrons. The van der Waals surface area contributed by atoms with Crippen LogP contribution in [0.3, 0.4) is 0 Å². The lowest BCUT2D eigenvalue weighted by atomic mass is 9.99.